The Kier molecular flexibility index (Phi) is 3.33. The number of aromatic nitrogens is 1. The minimum Gasteiger partial charge on any atom is -0.487 e. The third-order valence-electron chi connectivity index (χ3n) is 3.14. The highest BCUT2D eigenvalue weighted by Gasteiger charge is 2.04. The topological polar surface area (TPSA) is 22.1 Å². The summed E-state index contributed by atoms with van der Waals surface area (Å²) in [6.07, 6.45) is 0. The van der Waals surface area contributed by atoms with E-state index in [4.69, 9.17) is 4.74 Å². The van der Waals surface area contributed by atoms with Crippen molar-refractivity contribution in [2.24, 2.45) is 0 Å². The lowest BCUT2D eigenvalue weighted by Gasteiger charge is -2.07. The van der Waals surface area contributed by atoms with Gasteiger partial charge in [0.25, 0.3) is 0 Å². The lowest BCUT2D eigenvalue weighted by molar-refractivity contribution is 0.301. The lowest BCUT2D eigenvalue weighted by Crippen LogP contribution is -1.99. The Morgan fingerprint density at radius 2 is 1.80 bits per heavy atom. The molecule has 0 unspecified atom stereocenters. The molecule has 0 spiro atoms. The number of halogens is 1. The van der Waals surface area contributed by atoms with Crippen molar-refractivity contribution in [1.29, 1.82) is 0 Å². The summed E-state index contributed by atoms with van der Waals surface area (Å²) in [6.45, 7) is 2.35. The van der Waals surface area contributed by atoms with Gasteiger partial charge in [0.2, 0.25) is 0 Å². The predicted octanol–water partition coefficient (Wildman–Crippen LogP) is 4.26. The fraction of sp³-hybridized carbons (Fsp3) is 0.118. The number of hydrogen-bond donors (Lipinski definition) is 0. The van der Waals surface area contributed by atoms with Crippen LogP contribution in [0.25, 0.3) is 10.9 Å². The number of pyridine rings is 1. The Balaban J connectivity index is 1.81. The smallest absolute Gasteiger partial charge is 0.149 e. The largest absolute Gasteiger partial charge is 0.487 e. The second-order valence-corrected chi connectivity index (χ2v) is 4.72. The van der Waals surface area contributed by atoms with Gasteiger partial charge in [0.15, 0.2) is 0 Å². The molecule has 20 heavy (non-hydrogen) atoms. The zero-order valence-corrected chi connectivity index (χ0v) is 11.1. The molecule has 0 radical (unpaired) electrons. The van der Waals surface area contributed by atoms with Gasteiger partial charge < -0.3 is 4.74 Å². The average Bonchev–Trinajstić information content (AvgIpc) is 2.47. The summed E-state index contributed by atoms with van der Waals surface area (Å²) in [5, 5.41) is 0.795. The molecule has 0 fully saturated rings. The summed E-state index contributed by atoms with van der Waals surface area (Å²) in [5.74, 6) is 0.478. The van der Waals surface area contributed by atoms with Crippen molar-refractivity contribution in [2.75, 3.05) is 0 Å². The molecule has 0 atom stereocenters. The maximum atomic E-state index is 13.7. The van der Waals surface area contributed by atoms with Gasteiger partial charge >= 0.3 is 0 Å². The molecule has 0 bridgehead atoms. The lowest BCUT2D eigenvalue weighted by atomic mass is 10.2. The number of nitrogens with zero attached hydrogens (tertiary/aromatic N) is 1. The van der Waals surface area contributed by atoms with Crippen LogP contribution in [-0.2, 0) is 6.61 Å². The van der Waals surface area contributed by atoms with Crippen molar-refractivity contribution in [2.45, 2.75) is 13.5 Å². The molecule has 0 aliphatic heterocycles. The van der Waals surface area contributed by atoms with E-state index in [2.05, 4.69) is 4.98 Å². The number of aryl methyl sites for hydroxylation is 1. The standard InChI is InChI=1S/C17H14FNO/c1-12-5-9-15(10-6-12)20-11-14-8-7-13-3-2-4-16(18)17(13)19-14/h2-10H,11H2,1H3. The van der Waals surface area contributed by atoms with Crippen molar-refractivity contribution in [3.63, 3.8) is 0 Å². The molecule has 3 heteroatoms. The third kappa shape index (κ3) is 2.62. The minimum atomic E-state index is -0.306. The number of ether oxygens (including phenoxy) is 1. The summed E-state index contributed by atoms with van der Waals surface area (Å²) in [6, 6.07) is 16.5. The molecule has 3 rings (SSSR count). The molecule has 1 heterocycles. The summed E-state index contributed by atoms with van der Waals surface area (Å²) in [4.78, 5) is 4.31. The second kappa shape index (κ2) is 5.29. The Morgan fingerprint density at radius 3 is 2.60 bits per heavy atom. The number of para-hydroxylation sites is 1. The summed E-state index contributed by atoms with van der Waals surface area (Å²) >= 11 is 0. The molecular formula is C17H14FNO. The minimum absolute atomic E-state index is 0.306. The summed E-state index contributed by atoms with van der Waals surface area (Å²) in [5.41, 5.74) is 2.28. The van der Waals surface area contributed by atoms with E-state index in [0.717, 1.165) is 11.1 Å². The van der Waals surface area contributed by atoms with Crippen LogP contribution in [0.4, 0.5) is 4.39 Å². The van der Waals surface area contributed by atoms with Crippen LogP contribution in [0.15, 0.2) is 54.6 Å². The Bertz CT molecular complexity index is 738. The Morgan fingerprint density at radius 1 is 1.00 bits per heavy atom. The molecule has 2 aromatic carbocycles. The molecule has 0 saturated carbocycles. The van der Waals surface area contributed by atoms with Crippen molar-refractivity contribution < 1.29 is 9.13 Å². The van der Waals surface area contributed by atoms with Crippen LogP contribution in [0.1, 0.15) is 11.3 Å². The molecule has 0 saturated heterocycles. The number of rotatable bonds is 3. The van der Waals surface area contributed by atoms with Gasteiger partial charge in [-0.3, -0.25) is 0 Å². The van der Waals surface area contributed by atoms with Crippen molar-refractivity contribution >= 4 is 10.9 Å². The molecule has 0 aliphatic carbocycles. The van der Waals surface area contributed by atoms with Crippen LogP contribution < -0.4 is 4.74 Å². The van der Waals surface area contributed by atoms with E-state index in [-0.39, 0.29) is 5.82 Å². The SMILES string of the molecule is Cc1ccc(OCc2ccc3cccc(F)c3n2)cc1. The van der Waals surface area contributed by atoms with Crippen LogP contribution in [0, 0.1) is 12.7 Å². The van der Waals surface area contributed by atoms with Crippen LogP contribution in [0.5, 0.6) is 5.75 Å². The number of benzene rings is 2. The average molecular weight is 267 g/mol. The zero-order valence-electron chi connectivity index (χ0n) is 11.1. The fourth-order valence-electron chi connectivity index (χ4n) is 2.02. The van der Waals surface area contributed by atoms with Crippen LogP contribution in [-0.4, -0.2) is 4.98 Å². The monoisotopic (exact) mass is 267 g/mol. The maximum Gasteiger partial charge on any atom is 0.149 e. The van der Waals surface area contributed by atoms with E-state index in [1.54, 1.807) is 6.07 Å². The fourth-order valence-corrected chi connectivity index (χ4v) is 2.02. The van der Waals surface area contributed by atoms with Crippen molar-refractivity contribution in [3.05, 3.63) is 71.7 Å². The maximum absolute atomic E-state index is 13.7. The van der Waals surface area contributed by atoms with Gasteiger partial charge in [0.1, 0.15) is 23.7 Å². The third-order valence-corrected chi connectivity index (χ3v) is 3.14. The first-order valence-corrected chi connectivity index (χ1v) is 6.46. The van der Waals surface area contributed by atoms with Crippen LogP contribution in [0.3, 0.4) is 0 Å². The van der Waals surface area contributed by atoms with E-state index in [1.807, 2.05) is 49.4 Å². The molecule has 0 amide bonds. The van der Waals surface area contributed by atoms with Crippen molar-refractivity contribution in [1.82, 2.24) is 4.98 Å². The van der Waals surface area contributed by atoms with E-state index in [1.165, 1.54) is 11.6 Å². The van der Waals surface area contributed by atoms with Gasteiger partial charge in [-0.15, -0.1) is 0 Å². The van der Waals surface area contributed by atoms with Crippen molar-refractivity contribution in [3.8, 4) is 5.75 Å². The molecule has 2 nitrogen and oxygen atoms in total. The van der Waals surface area contributed by atoms with Gasteiger partial charge in [-0.25, -0.2) is 9.37 Å². The Labute approximate surface area is 116 Å². The second-order valence-electron chi connectivity index (χ2n) is 4.72. The normalized spacial score (nSPS) is 10.7. The molecule has 3 aromatic rings. The van der Waals surface area contributed by atoms with Gasteiger partial charge in [0, 0.05) is 5.39 Å². The van der Waals surface area contributed by atoms with Gasteiger partial charge in [-0.2, -0.15) is 0 Å². The first-order valence-electron chi connectivity index (χ1n) is 6.46. The van der Waals surface area contributed by atoms with E-state index < -0.39 is 0 Å². The first kappa shape index (κ1) is 12.6. The highest BCUT2D eigenvalue weighted by molar-refractivity contribution is 5.79. The quantitative estimate of drug-likeness (QED) is 0.707. The number of hydrogen-bond acceptors (Lipinski definition) is 2. The van der Waals surface area contributed by atoms with Crippen LogP contribution in [0.2, 0.25) is 0 Å². The summed E-state index contributed by atoms with van der Waals surface area (Å²) < 4.78 is 19.3. The van der Waals surface area contributed by atoms with E-state index in [9.17, 15) is 4.39 Å². The molecule has 100 valence electrons. The molecule has 0 aliphatic rings. The Hall–Kier alpha value is -2.42. The van der Waals surface area contributed by atoms with Gasteiger partial charge in [0.05, 0.1) is 5.69 Å². The highest BCUT2D eigenvalue weighted by atomic mass is 19.1. The first-order chi connectivity index (χ1) is 9.72. The van der Waals surface area contributed by atoms with E-state index in [0.29, 0.717) is 17.8 Å². The molecular weight excluding hydrogens is 253 g/mol. The predicted molar refractivity (Wildman–Crippen MR) is 77.2 cm³/mol. The summed E-state index contributed by atoms with van der Waals surface area (Å²) in [7, 11) is 0. The molecule has 0 N–H and O–H groups in total. The zero-order chi connectivity index (χ0) is 13.9. The van der Waals surface area contributed by atoms with E-state index >= 15 is 0 Å². The molecule has 1 aromatic heterocycles. The van der Waals surface area contributed by atoms with Gasteiger partial charge in [-0.1, -0.05) is 35.9 Å². The highest BCUT2D eigenvalue weighted by Crippen LogP contribution is 2.17. The van der Waals surface area contributed by atoms with Crippen LogP contribution >= 0.6 is 0 Å². The number of fused-ring (bicyclic) bond motifs is 1. The van der Waals surface area contributed by atoms with Gasteiger partial charge in [-0.05, 0) is 31.2 Å².